The number of aliphatic hydroxyl groups excluding tert-OH is 1. The first kappa shape index (κ1) is 15.3. The summed E-state index contributed by atoms with van der Waals surface area (Å²) >= 11 is 0. The molecule has 1 heterocycles. The number of piperidine rings is 1. The smallest absolute Gasteiger partial charge is 0.0445 e. The summed E-state index contributed by atoms with van der Waals surface area (Å²) in [7, 11) is 0. The molecule has 19 heavy (non-hydrogen) atoms. The van der Waals surface area contributed by atoms with Gasteiger partial charge in [-0.05, 0) is 51.1 Å². The van der Waals surface area contributed by atoms with Crippen molar-refractivity contribution in [3.63, 3.8) is 0 Å². The first-order chi connectivity index (χ1) is 9.20. The number of rotatable bonds is 6. The van der Waals surface area contributed by atoms with Gasteiger partial charge in [0.15, 0.2) is 0 Å². The fourth-order valence-corrected chi connectivity index (χ4v) is 3.75. The summed E-state index contributed by atoms with van der Waals surface area (Å²) in [6.07, 6.45) is 9.19. The van der Waals surface area contributed by atoms with Crippen molar-refractivity contribution in [1.29, 1.82) is 0 Å². The van der Waals surface area contributed by atoms with Gasteiger partial charge in [0, 0.05) is 24.7 Å². The SMILES string of the molecule is CC(C)C(CCO)NC1CCN(C2CCCC2)CC1. The van der Waals surface area contributed by atoms with Crippen LogP contribution in [0.1, 0.15) is 58.8 Å². The number of nitrogens with zero attached hydrogens (tertiary/aromatic N) is 1. The highest BCUT2D eigenvalue weighted by Gasteiger charge is 2.28. The van der Waals surface area contributed by atoms with Crippen LogP contribution in [0.2, 0.25) is 0 Å². The monoisotopic (exact) mass is 268 g/mol. The molecular formula is C16H32N2O. The first-order valence-corrected chi connectivity index (χ1v) is 8.31. The Hall–Kier alpha value is -0.120. The van der Waals surface area contributed by atoms with Crippen LogP contribution in [0, 0.1) is 5.92 Å². The minimum absolute atomic E-state index is 0.302. The van der Waals surface area contributed by atoms with Gasteiger partial charge in [0.1, 0.15) is 0 Å². The van der Waals surface area contributed by atoms with E-state index in [2.05, 4.69) is 24.1 Å². The van der Waals surface area contributed by atoms with Crippen LogP contribution in [0.25, 0.3) is 0 Å². The molecule has 1 aliphatic heterocycles. The van der Waals surface area contributed by atoms with E-state index in [4.69, 9.17) is 5.11 Å². The molecule has 0 spiro atoms. The molecule has 2 N–H and O–H groups in total. The van der Waals surface area contributed by atoms with Gasteiger partial charge in [-0.1, -0.05) is 26.7 Å². The summed E-state index contributed by atoms with van der Waals surface area (Å²) in [5.41, 5.74) is 0. The maximum absolute atomic E-state index is 9.15. The summed E-state index contributed by atoms with van der Waals surface area (Å²) in [6.45, 7) is 7.34. The lowest BCUT2D eigenvalue weighted by Gasteiger charge is -2.38. The average molecular weight is 268 g/mol. The molecule has 3 heteroatoms. The number of likely N-dealkylation sites (tertiary alicyclic amines) is 1. The second kappa shape index (κ2) is 7.61. The zero-order valence-corrected chi connectivity index (χ0v) is 12.8. The van der Waals surface area contributed by atoms with Crippen LogP contribution in [0.3, 0.4) is 0 Å². The van der Waals surface area contributed by atoms with Gasteiger partial charge >= 0.3 is 0 Å². The van der Waals surface area contributed by atoms with Crippen molar-refractivity contribution in [3.8, 4) is 0 Å². The molecule has 112 valence electrons. The van der Waals surface area contributed by atoms with E-state index in [1.54, 1.807) is 0 Å². The van der Waals surface area contributed by atoms with Crippen LogP contribution in [-0.4, -0.2) is 47.8 Å². The molecule has 1 saturated carbocycles. The normalized spacial score (nSPS) is 25.3. The fourth-order valence-electron chi connectivity index (χ4n) is 3.75. The van der Waals surface area contributed by atoms with Crippen molar-refractivity contribution in [2.75, 3.05) is 19.7 Å². The summed E-state index contributed by atoms with van der Waals surface area (Å²) in [5.74, 6) is 0.611. The molecule has 3 nitrogen and oxygen atoms in total. The summed E-state index contributed by atoms with van der Waals surface area (Å²) in [5, 5.41) is 12.9. The molecule has 2 aliphatic rings. The number of nitrogens with one attached hydrogen (secondary N) is 1. The fraction of sp³-hybridized carbons (Fsp3) is 1.00. The predicted molar refractivity (Wildman–Crippen MR) is 80.3 cm³/mol. The van der Waals surface area contributed by atoms with E-state index in [0.717, 1.165) is 12.5 Å². The van der Waals surface area contributed by atoms with Gasteiger partial charge in [-0.15, -0.1) is 0 Å². The lowest BCUT2D eigenvalue weighted by atomic mass is 9.96. The van der Waals surface area contributed by atoms with Gasteiger partial charge in [0.05, 0.1) is 0 Å². The van der Waals surface area contributed by atoms with Crippen molar-refractivity contribution >= 4 is 0 Å². The minimum atomic E-state index is 0.302. The Morgan fingerprint density at radius 1 is 1.11 bits per heavy atom. The minimum Gasteiger partial charge on any atom is -0.396 e. The van der Waals surface area contributed by atoms with Gasteiger partial charge in [0.25, 0.3) is 0 Å². The van der Waals surface area contributed by atoms with Gasteiger partial charge in [-0.25, -0.2) is 0 Å². The van der Waals surface area contributed by atoms with E-state index in [1.807, 2.05) is 0 Å². The summed E-state index contributed by atoms with van der Waals surface area (Å²) in [6, 6.07) is 2.03. The Bertz CT molecular complexity index is 243. The molecule has 1 unspecified atom stereocenters. The summed E-state index contributed by atoms with van der Waals surface area (Å²) < 4.78 is 0. The Labute approximate surface area is 118 Å². The zero-order valence-electron chi connectivity index (χ0n) is 12.8. The van der Waals surface area contributed by atoms with Crippen molar-refractivity contribution < 1.29 is 5.11 Å². The van der Waals surface area contributed by atoms with Crippen molar-refractivity contribution in [3.05, 3.63) is 0 Å². The van der Waals surface area contributed by atoms with E-state index in [9.17, 15) is 0 Å². The highest BCUT2D eigenvalue weighted by atomic mass is 16.3. The standard InChI is InChI=1S/C16H32N2O/c1-13(2)16(9-12-19)17-14-7-10-18(11-8-14)15-5-3-4-6-15/h13-17,19H,3-12H2,1-2H3. The van der Waals surface area contributed by atoms with E-state index >= 15 is 0 Å². The topological polar surface area (TPSA) is 35.5 Å². The number of hydrogen-bond acceptors (Lipinski definition) is 3. The second-order valence-corrected chi connectivity index (χ2v) is 6.78. The molecule has 0 aromatic rings. The van der Waals surface area contributed by atoms with Gasteiger partial charge in [-0.2, -0.15) is 0 Å². The quantitative estimate of drug-likeness (QED) is 0.776. The van der Waals surface area contributed by atoms with E-state index < -0.39 is 0 Å². The number of hydrogen-bond donors (Lipinski definition) is 2. The largest absolute Gasteiger partial charge is 0.396 e. The van der Waals surface area contributed by atoms with Crippen molar-refractivity contribution in [2.24, 2.45) is 5.92 Å². The molecule has 0 bridgehead atoms. The Balaban J connectivity index is 1.72. The third-order valence-corrected chi connectivity index (χ3v) is 5.07. The van der Waals surface area contributed by atoms with Crippen molar-refractivity contribution in [1.82, 2.24) is 10.2 Å². The predicted octanol–water partition coefficient (Wildman–Crippen LogP) is 2.39. The average Bonchev–Trinajstić information content (AvgIpc) is 2.93. The second-order valence-electron chi connectivity index (χ2n) is 6.78. The maximum Gasteiger partial charge on any atom is 0.0445 e. The highest BCUT2D eigenvalue weighted by Crippen LogP contribution is 2.26. The summed E-state index contributed by atoms with van der Waals surface area (Å²) in [4.78, 5) is 2.72. The Morgan fingerprint density at radius 2 is 1.74 bits per heavy atom. The molecule has 2 fully saturated rings. The third-order valence-electron chi connectivity index (χ3n) is 5.07. The third kappa shape index (κ3) is 4.44. The maximum atomic E-state index is 9.15. The van der Waals surface area contributed by atoms with Gasteiger partial charge in [-0.3, -0.25) is 0 Å². The van der Waals surface area contributed by atoms with E-state index in [0.29, 0.717) is 24.6 Å². The molecular weight excluding hydrogens is 236 g/mol. The van der Waals surface area contributed by atoms with E-state index in [-0.39, 0.29) is 0 Å². The molecule has 0 radical (unpaired) electrons. The molecule has 1 atom stereocenters. The van der Waals surface area contributed by atoms with Crippen LogP contribution >= 0.6 is 0 Å². The van der Waals surface area contributed by atoms with Crippen LogP contribution in [0.15, 0.2) is 0 Å². The molecule has 0 amide bonds. The van der Waals surface area contributed by atoms with Gasteiger partial charge in [0.2, 0.25) is 0 Å². The lowest BCUT2D eigenvalue weighted by Crippen LogP contribution is -2.49. The number of aliphatic hydroxyl groups is 1. The van der Waals surface area contributed by atoms with Crippen molar-refractivity contribution in [2.45, 2.75) is 76.9 Å². The van der Waals surface area contributed by atoms with Crippen LogP contribution < -0.4 is 5.32 Å². The van der Waals surface area contributed by atoms with Crippen LogP contribution in [0.4, 0.5) is 0 Å². The molecule has 1 saturated heterocycles. The first-order valence-electron chi connectivity index (χ1n) is 8.31. The molecule has 2 rings (SSSR count). The highest BCUT2D eigenvalue weighted by molar-refractivity contribution is 4.86. The van der Waals surface area contributed by atoms with Crippen LogP contribution in [0.5, 0.6) is 0 Å². The molecule has 0 aromatic carbocycles. The Kier molecular flexibility index (Phi) is 6.11. The Morgan fingerprint density at radius 3 is 2.26 bits per heavy atom. The molecule has 1 aliphatic carbocycles. The lowest BCUT2D eigenvalue weighted by molar-refractivity contribution is 0.133. The molecule has 0 aromatic heterocycles. The van der Waals surface area contributed by atoms with E-state index in [1.165, 1.54) is 51.6 Å². The van der Waals surface area contributed by atoms with Crippen LogP contribution in [-0.2, 0) is 0 Å². The zero-order chi connectivity index (χ0) is 13.7. The van der Waals surface area contributed by atoms with Gasteiger partial charge < -0.3 is 15.3 Å².